The second kappa shape index (κ2) is 5.66. The molecular formula is C11H15ClN2O4S. The van der Waals surface area contributed by atoms with E-state index in [4.69, 9.17) is 22.1 Å². The van der Waals surface area contributed by atoms with Crippen LogP contribution in [0.2, 0.25) is 5.02 Å². The Morgan fingerprint density at radius 2 is 2.05 bits per heavy atom. The molecule has 0 heterocycles. The van der Waals surface area contributed by atoms with E-state index in [9.17, 15) is 13.2 Å². The standard InChI is InChI=1S/C11H15ClN2O4S/c1-7(11(13)15)14(19(3,16)17)9-6-8(12)4-5-10(9)18-2/h4-7H,1-3H3,(H2,13,15)/t7-/m1/s1. The number of nitrogens with zero attached hydrogens (tertiary/aromatic N) is 1. The van der Waals surface area contributed by atoms with Crippen molar-refractivity contribution in [1.82, 2.24) is 0 Å². The summed E-state index contributed by atoms with van der Waals surface area (Å²) in [4.78, 5) is 11.3. The lowest BCUT2D eigenvalue weighted by molar-refractivity contribution is -0.118. The van der Waals surface area contributed by atoms with Gasteiger partial charge in [-0.15, -0.1) is 0 Å². The third-order valence-corrected chi connectivity index (χ3v) is 3.96. The number of benzene rings is 1. The van der Waals surface area contributed by atoms with Crippen LogP contribution in [0.1, 0.15) is 6.92 Å². The van der Waals surface area contributed by atoms with Crippen molar-refractivity contribution in [3.63, 3.8) is 0 Å². The minimum Gasteiger partial charge on any atom is -0.495 e. The number of primary amides is 1. The van der Waals surface area contributed by atoms with Gasteiger partial charge in [0.2, 0.25) is 15.9 Å². The maximum atomic E-state index is 11.9. The summed E-state index contributed by atoms with van der Waals surface area (Å²) in [6, 6.07) is 3.42. The van der Waals surface area contributed by atoms with E-state index < -0.39 is 22.0 Å². The van der Waals surface area contributed by atoms with E-state index in [1.54, 1.807) is 6.07 Å². The van der Waals surface area contributed by atoms with Crippen molar-refractivity contribution in [2.45, 2.75) is 13.0 Å². The van der Waals surface area contributed by atoms with E-state index in [0.29, 0.717) is 5.02 Å². The van der Waals surface area contributed by atoms with Crippen molar-refractivity contribution < 1.29 is 17.9 Å². The molecule has 0 unspecified atom stereocenters. The largest absolute Gasteiger partial charge is 0.495 e. The number of sulfonamides is 1. The Hall–Kier alpha value is -1.47. The normalized spacial score (nSPS) is 12.8. The van der Waals surface area contributed by atoms with Crippen LogP contribution in [0.3, 0.4) is 0 Å². The van der Waals surface area contributed by atoms with Crippen LogP contribution in [0, 0.1) is 0 Å². The zero-order valence-electron chi connectivity index (χ0n) is 10.8. The fourth-order valence-electron chi connectivity index (χ4n) is 1.63. The second-order valence-corrected chi connectivity index (χ2v) is 6.25. The lowest BCUT2D eigenvalue weighted by Gasteiger charge is -2.28. The molecule has 1 aromatic rings. The number of halogens is 1. The lowest BCUT2D eigenvalue weighted by Crippen LogP contribution is -2.46. The first-order valence-electron chi connectivity index (χ1n) is 5.30. The number of ether oxygens (including phenoxy) is 1. The summed E-state index contributed by atoms with van der Waals surface area (Å²) in [7, 11) is -2.33. The van der Waals surface area contributed by atoms with Crippen LogP contribution in [0.5, 0.6) is 5.75 Å². The molecule has 1 amide bonds. The highest BCUT2D eigenvalue weighted by Crippen LogP contribution is 2.34. The minimum atomic E-state index is -3.72. The number of rotatable bonds is 5. The van der Waals surface area contributed by atoms with Gasteiger partial charge in [0.15, 0.2) is 0 Å². The number of carbonyl (C=O) groups is 1. The van der Waals surface area contributed by atoms with Crippen molar-refractivity contribution in [3.05, 3.63) is 23.2 Å². The van der Waals surface area contributed by atoms with Crippen molar-refractivity contribution in [2.75, 3.05) is 17.7 Å². The van der Waals surface area contributed by atoms with Crippen LogP contribution in [0.4, 0.5) is 5.69 Å². The third kappa shape index (κ3) is 3.51. The number of methoxy groups -OCH3 is 1. The zero-order valence-corrected chi connectivity index (χ0v) is 12.3. The fourth-order valence-corrected chi connectivity index (χ4v) is 2.97. The summed E-state index contributed by atoms with van der Waals surface area (Å²) in [6.45, 7) is 1.39. The monoisotopic (exact) mass is 306 g/mol. The SMILES string of the molecule is COc1ccc(Cl)cc1N([C@H](C)C(N)=O)S(C)(=O)=O. The average Bonchev–Trinajstić information content (AvgIpc) is 2.27. The molecule has 0 aliphatic rings. The van der Waals surface area contributed by atoms with Crippen LogP contribution in [-0.4, -0.2) is 33.7 Å². The van der Waals surface area contributed by atoms with Crippen molar-refractivity contribution in [1.29, 1.82) is 0 Å². The molecule has 0 fully saturated rings. The maximum Gasteiger partial charge on any atom is 0.241 e. The maximum absolute atomic E-state index is 11.9. The second-order valence-electron chi connectivity index (χ2n) is 3.95. The Bertz CT molecular complexity index is 588. The molecule has 0 bridgehead atoms. The van der Waals surface area contributed by atoms with Crippen LogP contribution < -0.4 is 14.8 Å². The van der Waals surface area contributed by atoms with Crippen LogP contribution in [0.25, 0.3) is 0 Å². The first-order chi connectivity index (χ1) is 8.68. The van der Waals surface area contributed by atoms with E-state index in [0.717, 1.165) is 10.6 Å². The average molecular weight is 307 g/mol. The summed E-state index contributed by atoms with van der Waals surface area (Å²) < 4.78 is 29.7. The Morgan fingerprint density at radius 1 is 1.47 bits per heavy atom. The van der Waals surface area contributed by atoms with Crippen molar-refractivity contribution >= 4 is 33.2 Å². The molecule has 0 spiro atoms. The quantitative estimate of drug-likeness (QED) is 0.878. The molecule has 6 nitrogen and oxygen atoms in total. The van der Waals surface area contributed by atoms with E-state index in [-0.39, 0.29) is 11.4 Å². The molecule has 2 N–H and O–H groups in total. The van der Waals surface area contributed by atoms with Crippen molar-refractivity contribution in [3.8, 4) is 5.75 Å². The predicted molar refractivity (Wildman–Crippen MR) is 74.0 cm³/mol. The molecule has 0 saturated carbocycles. The Balaban J connectivity index is 3.50. The van der Waals surface area contributed by atoms with Crippen LogP contribution in [-0.2, 0) is 14.8 Å². The van der Waals surface area contributed by atoms with Crippen LogP contribution >= 0.6 is 11.6 Å². The molecule has 1 atom stereocenters. The molecule has 1 aromatic carbocycles. The highest BCUT2D eigenvalue weighted by Gasteiger charge is 2.30. The first-order valence-corrected chi connectivity index (χ1v) is 7.53. The van der Waals surface area contributed by atoms with Gasteiger partial charge in [-0.05, 0) is 25.1 Å². The van der Waals surface area contributed by atoms with Gasteiger partial charge in [0.1, 0.15) is 11.8 Å². The van der Waals surface area contributed by atoms with Gasteiger partial charge in [-0.2, -0.15) is 0 Å². The molecule has 0 aliphatic heterocycles. The minimum absolute atomic E-state index is 0.170. The van der Waals surface area contributed by atoms with E-state index >= 15 is 0 Å². The number of hydrogen-bond acceptors (Lipinski definition) is 4. The van der Waals surface area contributed by atoms with Gasteiger partial charge in [-0.1, -0.05) is 11.6 Å². The first kappa shape index (κ1) is 15.6. The van der Waals surface area contributed by atoms with Gasteiger partial charge in [0, 0.05) is 5.02 Å². The molecule has 0 aromatic heterocycles. The van der Waals surface area contributed by atoms with Gasteiger partial charge in [0.25, 0.3) is 0 Å². The third-order valence-electron chi connectivity index (χ3n) is 2.50. The van der Waals surface area contributed by atoms with Crippen molar-refractivity contribution in [2.24, 2.45) is 5.73 Å². The Kier molecular flexibility index (Phi) is 4.65. The Labute approximate surface area is 117 Å². The van der Waals surface area contributed by atoms with Gasteiger partial charge in [0.05, 0.1) is 19.1 Å². The Morgan fingerprint density at radius 3 is 2.47 bits per heavy atom. The molecule has 0 radical (unpaired) electrons. The highest BCUT2D eigenvalue weighted by molar-refractivity contribution is 7.92. The summed E-state index contributed by atoms with van der Waals surface area (Å²) in [5, 5.41) is 0.320. The highest BCUT2D eigenvalue weighted by atomic mass is 35.5. The molecule has 0 saturated heterocycles. The number of carbonyl (C=O) groups excluding carboxylic acids is 1. The topological polar surface area (TPSA) is 89.7 Å². The molecule has 19 heavy (non-hydrogen) atoms. The predicted octanol–water partition coefficient (Wildman–Crippen LogP) is 0.988. The molecule has 106 valence electrons. The molecule has 0 aliphatic carbocycles. The zero-order chi connectivity index (χ0) is 14.8. The van der Waals surface area contributed by atoms with E-state index in [1.165, 1.54) is 26.2 Å². The smallest absolute Gasteiger partial charge is 0.241 e. The van der Waals surface area contributed by atoms with E-state index in [2.05, 4.69) is 0 Å². The number of amides is 1. The molecule has 8 heteroatoms. The summed E-state index contributed by atoms with van der Waals surface area (Å²) in [6.07, 6.45) is 0.979. The van der Waals surface area contributed by atoms with Gasteiger partial charge in [-0.25, -0.2) is 8.42 Å². The molecule has 1 rings (SSSR count). The number of nitrogens with two attached hydrogens (primary N) is 1. The van der Waals surface area contributed by atoms with E-state index in [1.807, 2.05) is 0 Å². The summed E-state index contributed by atoms with van der Waals surface area (Å²) in [5.41, 5.74) is 5.35. The number of hydrogen-bond donors (Lipinski definition) is 1. The fraction of sp³-hybridized carbons (Fsp3) is 0.364. The summed E-state index contributed by atoms with van der Waals surface area (Å²) in [5.74, 6) is -0.490. The van der Waals surface area contributed by atoms with Gasteiger partial charge >= 0.3 is 0 Å². The van der Waals surface area contributed by atoms with Gasteiger partial charge < -0.3 is 10.5 Å². The van der Waals surface area contributed by atoms with Crippen LogP contribution in [0.15, 0.2) is 18.2 Å². The molecular weight excluding hydrogens is 292 g/mol. The lowest BCUT2D eigenvalue weighted by atomic mass is 10.2. The van der Waals surface area contributed by atoms with Gasteiger partial charge in [-0.3, -0.25) is 9.10 Å². The number of anilines is 1. The summed E-state index contributed by atoms with van der Waals surface area (Å²) >= 11 is 5.86.